The minimum atomic E-state index is -1.54. The van der Waals surface area contributed by atoms with Crippen LogP contribution in [-0.4, -0.2) is 69.2 Å². The van der Waals surface area contributed by atoms with E-state index in [0.29, 0.717) is 26.9 Å². The molecule has 5 rings (SSSR count). The molecule has 4 aromatic carbocycles. The van der Waals surface area contributed by atoms with Gasteiger partial charge in [0.15, 0.2) is 0 Å². The predicted molar refractivity (Wildman–Crippen MR) is 226 cm³/mol. The molecule has 1 heterocycles. The lowest BCUT2D eigenvalue weighted by molar-refractivity contribution is -0.151. The number of imidazole rings is 1. The van der Waals surface area contributed by atoms with Crippen molar-refractivity contribution in [2.75, 3.05) is 0 Å². The number of aromatic nitrogens is 2. The monoisotopic (exact) mass is 844 g/mol. The number of aliphatic hydroxyl groups is 1. The number of carbonyl (C=O) groups is 4. The van der Waals surface area contributed by atoms with Gasteiger partial charge < -0.3 is 35.5 Å². The summed E-state index contributed by atoms with van der Waals surface area (Å²) in [6, 6.07) is 26.3. The molecule has 312 valence electrons. The Morgan fingerprint density at radius 2 is 1.24 bits per heavy atom. The Morgan fingerprint density at radius 1 is 0.678 bits per heavy atom. The molecule has 0 aliphatic carbocycles. The molecule has 0 fully saturated rings. The van der Waals surface area contributed by atoms with Gasteiger partial charge in [-0.25, -0.2) is 14.6 Å². The highest BCUT2D eigenvalue weighted by Crippen LogP contribution is 2.27. The van der Waals surface area contributed by atoms with Gasteiger partial charge in [0, 0.05) is 6.54 Å². The average Bonchev–Trinajstić information content (AvgIpc) is 3.62. The van der Waals surface area contributed by atoms with Crippen LogP contribution >= 0.6 is 23.2 Å². The van der Waals surface area contributed by atoms with E-state index in [1.807, 2.05) is 91.0 Å². The molecule has 6 N–H and O–H groups in total. The van der Waals surface area contributed by atoms with Crippen molar-refractivity contribution in [2.24, 2.45) is 11.8 Å². The summed E-state index contributed by atoms with van der Waals surface area (Å²) in [6.45, 7) is 7.00. The summed E-state index contributed by atoms with van der Waals surface area (Å²) in [5, 5.41) is 24.4. The molecular formula is C44H50Cl2N6O7. The van der Waals surface area contributed by atoms with Gasteiger partial charge in [-0.05, 0) is 47.1 Å². The van der Waals surface area contributed by atoms with Crippen LogP contribution in [0.15, 0.2) is 103 Å². The zero-order chi connectivity index (χ0) is 42.5. The molecule has 13 nitrogen and oxygen atoms in total. The topological polar surface area (TPSA) is 184 Å². The minimum Gasteiger partial charge on any atom is -0.456 e. The fourth-order valence-corrected chi connectivity index (χ4v) is 6.67. The molecule has 0 spiro atoms. The van der Waals surface area contributed by atoms with Crippen LogP contribution in [0.25, 0.3) is 11.0 Å². The van der Waals surface area contributed by atoms with Crippen LogP contribution in [0, 0.1) is 11.8 Å². The number of carbonyl (C=O) groups excluding carboxylic acids is 4. The van der Waals surface area contributed by atoms with Crippen molar-refractivity contribution in [2.45, 2.75) is 84.1 Å². The third-order valence-electron chi connectivity index (χ3n) is 9.61. The fraction of sp³-hybridized carbons (Fsp3) is 0.341. The normalized spacial score (nSPS) is 13.9. The second kappa shape index (κ2) is 21.5. The summed E-state index contributed by atoms with van der Waals surface area (Å²) in [6.07, 6.45) is -2.21. The molecule has 0 unspecified atom stereocenters. The molecule has 15 heteroatoms. The number of esters is 1. The standard InChI is InChI=1S/C44H50Cl2N6O7/c1-26(2)37(52-44(57)59-24-30-18-12-7-13-19-30)41(54)50-35(20-28-14-8-5-9-15-28)40(53)39(47-23-29-16-10-6-11-17-29)42(55)51-38(27(3)4)43(56)58-25-36-48-33-21-31(45)32(46)22-34(33)49-36/h5-19,21-22,26-27,35,37-40,47,53H,20,23-25H2,1-4H3,(H,48,49)(H,50,54)(H,51,55)(H,52,57)/t35-,37-,38-,39+,40+/m0/s1. The molecule has 0 radical (unpaired) electrons. The van der Waals surface area contributed by atoms with E-state index in [2.05, 4.69) is 31.2 Å². The van der Waals surface area contributed by atoms with Crippen LogP contribution in [0.5, 0.6) is 0 Å². The lowest BCUT2D eigenvalue weighted by Gasteiger charge is -2.33. The number of rotatable bonds is 19. The quantitative estimate of drug-likeness (QED) is 0.0524. The number of hydrogen-bond donors (Lipinski definition) is 6. The summed E-state index contributed by atoms with van der Waals surface area (Å²) in [5.41, 5.74) is 3.52. The van der Waals surface area contributed by atoms with E-state index in [0.717, 1.165) is 16.7 Å². The molecule has 3 amide bonds. The summed E-state index contributed by atoms with van der Waals surface area (Å²) >= 11 is 12.3. The van der Waals surface area contributed by atoms with Crippen LogP contribution in [0.2, 0.25) is 10.0 Å². The molecule has 5 aromatic rings. The smallest absolute Gasteiger partial charge is 0.408 e. The van der Waals surface area contributed by atoms with Gasteiger partial charge in [0.2, 0.25) is 11.8 Å². The maximum Gasteiger partial charge on any atom is 0.408 e. The number of aliphatic hydroxyl groups excluding tert-OH is 1. The largest absolute Gasteiger partial charge is 0.456 e. The lowest BCUT2D eigenvalue weighted by Crippen LogP contribution is -2.63. The molecule has 0 saturated heterocycles. The SMILES string of the molecule is CC(C)[C@H](NC(=O)OCc1ccccc1)C(=O)N[C@@H](Cc1ccccc1)[C@@H](O)[C@@H](NCc1ccccc1)C(=O)N[C@H](C(=O)OCc1nc2cc(Cl)c(Cl)cc2[nH]1)C(C)C. The van der Waals surface area contributed by atoms with Gasteiger partial charge in [0.1, 0.15) is 37.2 Å². The highest BCUT2D eigenvalue weighted by molar-refractivity contribution is 6.42. The molecule has 59 heavy (non-hydrogen) atoms. The molecule has 5 atom stereocenters. The fourth-order valence-electron chi connectivity index (χ4n) is 6.35. The van der Waals surface area contributed by atoms with E-state index in [1.54, 1.807) is 39.8 Å². The number of H-pyrrole nitrogens is 1. The molecular weight excluding hydrogens is 795 g/mol. The van der Waals surface area contributed by atoms with Crippen molar-refractivity contribution in [1.82, 2.24) is 31.2 Å². The van der Waals surface area contributed by atoms with Crippen molar-refractivity contribution in [3.05, 3.63) is 136 Å². The van der Waals surface area contributed by atoms with Gasteiger partial charge in [-0.3, -0.25) is 14.9 Å². The Kier molecular flexibility index (Phi) is 16.3. The van der Waals surface area contributed by atoms with E-state index >= 15 is 0 Å². The number of nitrogens with zero attached hydrogens (tertiary/aromatic N) is 1. The number of alkyl carbamates (subject to hydrolysis) is 1. The number of ether oxygens (including phenoxy) is 2. The minimum absolute atomic E-state index is 0.00773. The van der Waals surface area contributed by atoms with Crippen molar-refractivity contribution in [3.63, 3.8) is 0 Å². The van der Waals surface area contributed by atoms with Gasteiger partial charge in [-0.15, -0.1) is 0 Å². The molecule has 0 aliphatic rings. The zero-order valence-electron chi connectivity index (χ0n) is 33.3. The van der Waals surface area contributed by atoms with Crippen molar-refractivity contribution in [3.8, 4) is 0 Å². The van der Waals surface area contributed by atoms with E-state index in [-0.39, 0.29) is 32.1 Å². The molecule has 0 saturated carbocycles. The Morgan fingerprint density at radius 3 is 1.85 bits per heavy atom. The van der Waals surface area contributed by atoms with Crippen molar-refractivity contribution < 1.29 is 33.8 Å². The maximum absolute atomic E-state index is 14.3. The number of hydrogen-bond acceptors (Lipinski definition) is 9. The lowest BCUT2D eigenvalue weighted by atomic mass is 9.93. The Balaban J connectivity index is 1.35. The first-order chi connectivity index (χ1) is 28.3. The van der Waals surface area contributed by atoms with Gasteiger partial charge in [-0.1, -0.05) is 142 Å². The first-order valence-corrected chi connectivity index (χ1v) is 20.1. The van der Waals surface area contributed by atoms with Crippen molar-refractivity contribution >= 4 is 58.1 Å². The Hall–Kier alpha value is -5.47. The van der Waals surface area contributed by atoms with Gasteiger partial charge in [-0.2, -0.15) is 0 Å². The van der Waals surface area contributed by atoms with Crippen LogP contribution in [0.4, 0.5) is 4.79 Å². The third-order valence-corrected chi connectivity index (χ3v) is 10.3. The highest BCUT2D eigenvalue weighted by Gasteiger charge is 2.38. The van der Waals surface area contributed by atoms with Gasteiger partial charge in [0.25, 0.3) is 0 Å². The number of aromatic amines is 1. The summed E-state index contributed by atoms with van der Waals surface area (Å²) in [5.74, 6) is -2.47. The Bertz CT molecular complexity index is 2120. The van der Waals surface area contributed by atoms with E-state index in [1.165, 1.54) is 0 Å². The maximum atomic E-state index is 14.3. The second-order valence-electron chi connectivity index (χ2n) is 14.9. The first kappa shape index (κ1) is 44.6. The van der Waals surface area contributed by atoms with E-state index < -0.39 is 60.1 Å². The number of halogens is 2. The summed E-state index contributed by atoms with van der Waals surface area (Å²) < 4.78 is 11.0. The Labute approximate surface area is 353 Å². The molecule has 1 aromatic heterocycles. The molecule has 0 aliphatic heterocycles. The van der Waals surface area contributed by atoms with Gasteiger partial charge in [0.05, 0.1) is 33.2 Å². The van der Waals surface area contributed by atoms with Crippen LogP contribution in [0.1, 0.15) is 50.2 Å². The number of amides is 3. The average molecular weight is 846 g/mol. The van der Waals surface area contributed by atoms with Crippen LogP contribution in [0.3, 0.4) is 0 Å². The summed E-state index contributed by atoms with van der Waals surface area (Å²) in [4.78, 5) is 62.3. The van der Waals surface area contributed by atoms with Crippen LogP contribution in [-0.2, 0) is 50.0 Å². The molecule has 0 bridgehead atoms. The second-order valence-corrected chi connectivity index (χ2v) is 15.7. The van der Waals surface area contributed by atoms with Gasteiger partial charge >= 0.3 is 12.1 Å². The number of nitrogens with one attached hydrogen (secondary N) is 5. The van der Waals surface area contributed by atoms with E-state index in [4.69, 9.17) is 32.7 Å². The summed E-state index contributed by atoms with van der Waals surface area (Å²) in [7, 11) is 0. The zero-order valence-corrected chi connectivity index (χ0v) is 34.8. The van der Waals surface area contributed by atoms with Crippen LogP contribution < -0.4 is 21.3 Å². The number of fused-ring (bicyclic) bond motifs is 1. The first-order valence-electron chi connectivity index (χ1n) is 19.4. The highest BCUT2D eigenvalue weighted by atomic mass is 35.5. The predicted octanol–water partition coefficient (Wildman–Crippen LogP) is 6.25. The number of benzene rings is 4. The van der Waals surface area contributed by atoms with Crippen molar-refractivity contribution in [1.29, 1.82) is 0 Å². The third kappa shape index (κ3) is 13.0. The van der Waals surface area contributed by atoms with E-state index in [9.17, 15) is 24.3 Å².